The van der Waals surface area contributed by atoms with Crippen molar-refractivity contribution in [3.63, 3.8) is 0 Å². The number of nitrogens with one attached hydrogen (secondary N) is 2. The average Bonchev–Trinajstić information content (AvgIpc) is 3.48. The molecule has 6 rings (SSSR count). The van der Waals surface area contributed by atoms with Crippen LogP contribution < -0.4 is 0 Å². The Labute approximate surface area is 202 Å². The van der Waals surface area contributed by atoms with Gasteiger partial charge in [-0.3, -0.25) is 4.55 Å². The monoisotopic (exact) mass is 482 g/mol. The van der Waals surface area contributed by atoms with Gasteiger partial charge in [-0.2, -0.15) is 8.42 Å². The molecular weight excluding hydrogens is 460 g/mol. The standard InChI is InChI=1S/C14H12N2.C13H10N2O3S/c1-10-7-8-12-13(9-10)16-14(15-12)11-5-3-2-4-6-11;16-19(17,18)10-6-7-11-12(8-10)15-13(14-11)9-4-2-1-3-5-9/h2-9H,1H3,(H,15,16);1-8H,(H,14,15)(H,16,17,18). The number of fused-ring (bicyclic) bond motifs is 2. The maximum Gasteiger partial charge on any atom is 0.294 e. The van der Waals surface area contributed by atoms with Crippen LogP contribution in [0.25, 0.3) is 44.8 Å². The highest BCUT2D eigenvalue weighted by Crippen LogP contribution is 2.23. The molecule has 0 saturated carbocycles. The Morgan fingerprint density at radius 2 is 1.14 bits per heavy atom. The second-order valence-corrected chi connectivity index (χ2v) is 9.50. The molecule has 35 heavy (non-hydrogen) atoms. The normalized spacial score (nSPS) is 11.4. The molecule has 2 aromatic heterocycles. The molecular formula is C27H22N4O3S. The summed E-state index contributed by atoms with van der Waals surface area (Å²) in [6.45, 7) is 2.09. The van der Waals surface area contributed by atoms with Gasteiger partial charge in [0.1, 0.15) is 11.6 Å². The predicted molar refractivity (Wildman–Crippen MR) is 138 cm³/mol. The number of benzene rings is 4. The van der Waals surface area contributed by atoms with Gasteiger partial charge in [-0.1, -0.05) is 66.7 Å². The lowest BCUT2D eigenvalue weighted by Gasteiger charge is -1.95. The lowest BCUT2D eigenvalue weighted by Crippen LogP contribution is -1.97. The number of aromatic nitrogens is 4. The van der Waals surface area contributed by atoms with Gasteiger partial charge in [-0.05, 0) is 42.8 Å². The number of nitrogens with zero attached hydrogens (tertiary/aromatic N) is 2. The summed E-state index contributed by atoms with van der Waals surface area (Å²) in [5, 5.41) is 0. The quantitative estimate of drug-likeness (QED) is 0.267. The molecule has 0 amide bonds. The summed E-state index contributed by atoms with van der Waals surface area (Å²) in [5.74, 6) is 1.59. The summed E-state index contributed by atoms with van der Waals surface area (Å²) in [5.41, 5.74) is 6.60. The number of rotatable bonds is 3. The molecule has 174 valence electrons. The first-order chi connectivity index (χ1) is 16.9. The molecule has 8 heteroatoms. The minimum atomic E-state index is -4.20. The highest BCUT2D eigenvalue weighted by Gasteiger charge is 2.12. The Balaban J connectivity index is 0.000000147. The van der Waals surface area contributed by atoms with Crippen molar-refractivity contribution in [1.29, 1.82) is 0 Å². The number of hydrogen-bond donors (Lipinski definition) is 3. The maximum atomic E-state index is 11.1. The summed E-state index contributed by atoms with van der Waals surface area (Å²) in [4.78, 5) is 15.2. The Morgan fingerprint density at radius 3 is 1.66 bits per heavy atom. The third-order valence-electron chi connectivity index (χ3n) is 5.48. The lowest BCUT2D eigenvalue weighted by molar-refractivity contribution is 0.483. The van der Waals surface area contributed by atoms with Gasteiger partial charge < -0.3 is 9.97 Å². The fourth-order valence-corrected chi connectivity index (χ4v) is 4.24. The average molecular weight is 483 g/mol. The third-order valence-corrected chi connectivity index (χ3v) is 6.33. The van der Waals surface area contributed by atoms with Crippen molar-refractivity contribution in [1.82, 2.24) is 19.9 Å². The highest BCUT2D eigenvalue weighted by atomic mass is 32.2. The van der Waals surface area contributed by atoms with E-state index in [-0.39, 0.29) is 4.90 Å². The first-order valence-electron chi connectivity index (χ1n) is 10.9. The Kier molecular flexibility index (Phi) is 5.90. The van der Waals surface area contributed by atoms with Crippen molar-refractivity contribution in [2.24, 2.45) is 0 Å². The minimum Gasteiger partial charge on any atom is -0.338 e. The van der Waals surface area contributed by atoms with Crippen LogP contribution in [0.2, 0.25) is 0 Å². The first kappa shape index (κ1) is 22.5. The molecule has 0 aliphatic carbocycles. The number of aryl methyl sites for hydroxylation is 1. The molecule has 0 aliphatic rings. The van der Waals surface area contributed by atoms with Crippen LogP contribution in [-0.2, 0) is 10.1 Å². The van der Waals surface area contributed by atoms with Crippen LogP contribution >= 0.6 is 0 Å². The number of H-pyrrole nitrogens is 2. The van der Waals surface area contributed by atoms with E-state index in [1.807, 2.05) is 54.6 Å². The molecule has 6 aromatic rings. The fourth-order valence-electron chi connectivity index (χ4n) is 3.74. The predicted octanol–water partition coefficient (Wildman–Crippen LogP) is 6.01. The van der Waals surface area contributed by atoms with Gasteiger partial charge in [0, 0.05) is 11.1 Å². The molecule has 0 fully saturated rings. The maximum absolute atomic E-state index is 11.1. The molecule has 3 N–H and O–H groups in total. The molecule has 2 heterocycles. The lowest BCUT2D eigenvalue weighted by atomic mass is 10.2. The molecule has 7 nitrogen and oxygen atoms in total. The molecule has 0 aliphatic heterocycles. The fraction of sp³-hybridized carbons (Fsp3) is 0.0370. The third kappa shape index (κ3) is 4.98. The van der Waals surface area contributed by atoms with E-state index in [9.17, 15) is 8.42 Å². The highest BCUT2D eigenvalue weighted by molar-refractivity contribution is 7.85. The van der Waals surface area contributed by atoms with Crippen molar-refractivity contribution >= 4 is 32.2 Å². The second-order valence-electron chi connectivity index (χ2n) is 8.08. The Bertz CT molecular complexity index is 1720. The van der Waals surface area contributed by atoms with E-state index in [2.05, 4.69) is 51.1 Å². The van der Waals surface area contributed by atoms with Gasteiger partial charge in [0.05, 0.1) is 27.0 Å². The molecule has 0 radical (unpaired) electrons. The summed E-state index contributed by atoms with van der Waals surface area (Å²) < 4.78 is 31.2. The van der Waals surface area contributed by atoms with E-state index in [1.54, 1.807) is 6.07 Å². The van der Waals surface area contributed by atoms with E-state index in [0.717, 1.165) is 28.0 Å². The van der Waals surface area contributed by atoms with Gasteiger partial charge in [-0.15, -0.1) is 0 Å². The van der Waals surface area contributed by atoms with Crippen LogP contribution in [0.15, 0.2) is 102 Å². The van der Waals surface area contributed by atoms with Crippen LogP contribution in [0.3, 0.4) is 0 Å². The Morgan fingerprint density at radius 1 is 0.657 bits per heavy atom. The van der Waals surface area contributed by atoms with Crippen LogP contribution in [0, 0.1) is 6.92 Å². The van der Waals surface area contributed by atoms with Crippen molar-refractivity contribution in [3.05, 3.63) is 103 Å². The van der Waals surface area contributed by atoms with Crippen molar-refractivity contribution in [2.45, 2.75) is 11.8 Å². The van der Waals surface area contributed by atoms with E-state index in [1.165, 1.54) is 17.7 Å². The first-order valence-corrected chi connectivity index (χ1v) is 12.4. The van der Waals surface area contributed by atoms with E-state index >= 15 is 0 Å². The topological polar surface area (TPSA) is 112 Å². The summed E-state index contributed by atoms with van der Waals surface area (Å²) >= 11 is 0. The van der Waals surface area contributed by atoms with Crippen LogP contribution in [0.5, 0.6) is 0 Å². The van der Waals surface area contributed by atoms with Gasteiger partial charge >= 0.3 is 0 Å². The number of aromatic amines is 2. The largest absolute Gasteiger partial charge is 0.338 e. The molecule has 0 unspecified atom stereocenters. The van der Waals surface area contributed by atoms with Gasteiger partial charge in [0.15, 0.2) is 0 Å². The van der Waals surface area contributed by atoms with Gasteiger partial charge in [0.25, 0.3) is 10.1 Å². The SMILES string of the molecule is Cc1ccc2nc(-c3ccccc3)[nH]c2c1.O=S(=O)(O)c1ccc2nc(-c3ccccc3)[nH]c2c1. The van der Waals surface area contributed by atoms with Crippen molar-refractivity contribution in [2.75, 3.05) is 0 Å². The number of hydrogen-bond acceptors (Lipinski definition) is 4. The zero-order valence-electron chi connectivity index (χ0n) is 18.8. The van der Waals surface area contributed by atoms with E-state index < -0.39 is 10.1 Å². The molecule has 0 bridgehead atoms. The van der Waals surface area contributed by atoms with Gasteiger partial charge in [0.2, 0.25) is 0 Å². The summed E-state index contributed by atoms with van der Waals surface area (Å²) in [6, 6.07) is 30.2. The smallest absolute Gasteiger partial charge is 0.294 e. The molecule has 0 atom stereocenters. The Hall–Kier alpha value is -4.27. The van der Waals surface area contributed by atoms with E-state index in [0.29, 0.717) is 16.9 Å². The molecule has 0 spiro atoms. The zero-order valence-corrected chi connectivity index (χ0v) is 19.6. The second kappa shape index (κ2) is 9.17. The van der Waals surface area contributed by atoms with Crippen LogP contribution in [0.1, 0.15) is 5.56 Å². The number of imidazole rings is 2. The molecule has 0 saturated heterocycles. The summed E-state index contributed by atoms with van der Waals surface area (Å²) in [6.07, 6.45) is 0. The van der Waals surface area contributed by atoms with Crippen molar-refractivity contribution < 1.29 is 13.0 Å². The van der Waals surface area contributed by atoms with Crippen LogP contribution in [0.4, 0.5) is 0 Å². The van der Waals surface area contributed by atoms with Crippen molar-refractivity contribution in [3.8, 4) is 22.8 Å². The van der Waals surface area contributed by atoms with E-state index in [4.69, 9.17) is 4.55 Å². The van der Waals surface area contributed by atoms with Gasteiger partial charge in [-0.25, -0.2) is 9.97 Å². The minimum absolute atomic E-state index is 0.150. The van der Waals surface area contributed by atoms with Crippen LogP contribution in [-0.4, -0.2) is 32.9 Å². The molecule has 4 aromatic carbocycles. The summed E-state index contributed by atoms with van der Waals surface area (Å²) in [7, 11) is -4.20. The zero-order chi connectivity index (χ0) is 24.4.